The van der Waals surface area contributed by atoms with Crippen LogP contribution in [0.3, 0.4) is 0 Å². The molecule has 2 aromatic rings. The molecule has 0 bridgehead atoms. The summed E-state index contributed by atoms with van der Waals surface area (Å²) in [5.74, 6) is 1.37. The molecular formula is C17H20Cl3NO2. The van der Waals surface area contributed by atoms with Crippen molar-refractivity contribution in [1.82, 2.24) is 5.32 Å². The predicted octanol–water partition coefficient (Wildman–Crippen LogP) is 5.11. The molecule has 0 aliphatic rings. The summed E-state index contributed by atoms with van der Waals surface area (Å²) in [6.07, 6.45) is 0. The Balaban J connectivity index is 0.00000264. The first kappa shape index (κ1) is 19.9. The lowest BCUT2D eigenvalue weighted by atomic mass is 10.1. The van der Waals surface area contributed by atoms with Crippen LogP contribution in [0.1, 0.15) is 18.1 Å². The molecule has 0 aliphatic heterocycles. The van der Waals surface area contributed by atoms with Gasteiger partial charge in [0.1, 0.15) is 0 Å². The van der Waals surface area contributed by atoms with Crippen molar-refractivity contribution in [1.29, 1.82) is 0 Å². The Morgan fingerprint density at radius 3 is 2.39 bits per heavy atom. The van der Waals surface area contributed by atoms with Gasteiger partial charge in [0.05, 0.1) is 13.7 Å². The van der Waals surface area contributed by atoms with Crippen LogP contribution in [0.15, 0.2) is 36.4 Å². The van der Waals surface area contributed by atoms with Crippen LogP contribution >= 0.6 is 35.6 Å². The van der Waals surface area contributed by atoms with Gasteiger partial charge in [-0.1, -0.05) is 41.4 Å². The molecule has 0 unspecified atom stereocenters. The van der Waals surface area contributed by atoms with E-state index < -0.39 is 0 Å². The molecule has 2 rings (SSSR count). The second-order valence-corrected chi connectivity index (χ2v) is 5.57. The highest BCUT2D eigenvalue weighted by atomic mass is 35.5. The van der Waals surface area contributed by atoms with E-state index >= 15 is 0 Å². The highest BCUT2D eigenvalue weighted by molar-refractivity contribution is 6.31. The number of halogens is 3. The van der Waals surface area contributed by atoms with Crippen LogP contribution in [0.5, 0.6) is 11.5 Å². The van der Waals surface area contributed by atoms with Crippen LogP contribution in [0.4, 0.5) is 0 Å². The second kappa shape index (κ2) is 9.89. The first-order chi connectivity index (χ1) is 10.7. The Hall–Kier alpha value is -1.13. The summed E-state index contributed by atoms with van der Waals surface area (Å²) < 4.78 is 11.0. The molecule has 0 heterocycles. The normalized spacial score (nSPS) is 10.1. The van der Waals surface area contributed by atoms with Crippen LogP contribution < -0.4 is 14.8 Å². The summed E-state index contributed by atoms with van der Waals surface area (Å²) in [4.78, 5) is 0. The van der Waals surface area contributed by atoms with Crippen molar-refractivity contribution < 1.29 is 9.47 Å². The average Bonchev–Trinajstić information content (AvgIpc) is 2.51. The van der Waals surface area contributed by atoms with E-state index in [1.165, 1.54) is 0 Å². The van der Waals surface area contributed by atoms with Crippen LogP contribution in [0.25, 0.3) is 0 Å². The molecule has 0 atom stereocenters. The Morgan fingerprint density at radius 2 is 1.74 bits per heavy atom. The summed E-state index contributed by atoms with van der Waals surface area (Å²) in [5.41, 5.74) is 2.01. The number of methoxy groups -OCH3 is 1. The topological polar surface area (TPSA) is 30.5 Å². The van der Waals surface area contributed by atoms with Crippen LogP contribution in [-0.2, 0) is 13.1 Å². The van der Waals surface area contributed by atoms with E-state index in [0.29, 0.717) is 30.5 Å². The number of hydrogen-bond donors (Lipinski definition) is 1. The van der Waals surface area contributed by atoms with Crippen molar-refractivity contribution in [2.75, 3.05) is 13.7 Å². The first-order valence-electron chi connectivity index (χ1n) is 7.09. The van der Waals surface area contributed by atoms with Crippen molar-refractivity contribution in [2.45, 2.75) is 20.0 Å². The third-order valence-corrected chi connectivity index (χ3v) is 3.78. The molecule has 0 radical (unpaired) electrons. The van der Waals surface area contributed by atoms with Crippen LogP contribution in [0.2, 0.25) is 10.0 Å². The van der Waals surface area contributed by atoms with Crippen LogP contribution in [-0.4, -0.2) is 13.7 Å². The van der Waals surface area contributed by atoms with Gasteiger partial charge in [-0.25, -0.2) is 0 Å². The van der Waals surface area contributed by atoms with E-state index in [2.05, 4.69) is 5.32 Å². The van der Waals surface area contributed by atoms with Gasteiger partial charge in [-0.3, -0.25) is 0 Å². The minimum absolute atomic E-state index is 0. The van der Waals surface area contributed by atoms with Crippen molar-refractivity contribution in [3.05, 3.63) is 57.6 Å². The zero-order valence-electron chi connectivity index (χ0n) is 13.1. The SMILES string of the molecule is CCOc1c(CNCc2ccccc2Cl)cc(Cl)cc1OC.Cl. The third-order valence-electron chi connectivity index (χ3n) is 3.19. The second-order valence-electron chi connectivity index (χ2n) is 4.72. The molecule has 0 spiro atoms. The van der Waals surface area contributed by atoms with Gasteiger partial charge in [-0.15, -0.1) is 12.4 Å². The maximum absolute atomic E-state index is 6.15. The number of nitrogens with one attached hydrogen (secondary N) is 1. The van der Waals surface area contributed by atoms with Gasteiger partial charge >= 0.3 is 0 Å². The zero-order valence-corrected chi connectivity index (χ0v) is 15.4. The number of hydrogen-bond acceptors (Lipinski definition) is 3. The monoisotopic (exact) mass is 375 g/mol. The van der Waals surface area contributed by atoms with Gasteiger partial charge in [0.15, 0.2) is 11.5 Å². The quantitative estimate of drug-likeness (QED) is 0.728. The molecular weight excluding hydrogens is 357 g/mol. The van der Waals surface area contributed by atoms with E-state index in [9.17, 15) is 0 Å². The van der Waals surface area contributed by atoms with Crippen molar-refractivity contribution in [3.8, 4) is 11.5 Å². The maximum Gasteiger partial charge on any atom is 0.165 e. The summed E-state index contributed by atoms with van der Waals surface area (Å²) in [6.45, 7) is 3.78. The Morgan fingerprint density at radius 1 is 1.04 bits per heavy atom. The summed E-state index contributed by atoms with van der Waals surface area (Å²) in [6, 6.07) is 11.4. The largest absolute Gasteiger partial charge is 0.493 e. The summed E-state index contributed by atoms with van der Waals surface area (Å²) in [5, 5.41) is 4.73. The standard InChI is InChI=1S/C17H19Cl2NO2.ClH/c1-3-22-17-13(8-14(18)9-16(17)21-2)11-20-10-12-6-4-5-7-15(12)19;/h4-9,20H,3,10-11H2,1-2H3;1H. The Labute approximate surface area is 153 Å². The molecule has 23 heavy (non-hydrogen) atoms. The molecule has 0 fully saturated rings. The van der Waals surface area contributed by atoms with Gasteiger partial charge in [0.2, 0.25) is 0 Å². The van der Waals surface area contributed by atoms with Crippen LogP contribution in [0, 0.1) is 0 Å². The smallest absolute Gasteiger partial charge is 0.165 e. The van der Waals surface area contributed by atoms with Gasteiger partial charge in [-0.2, -0.15) is 0 Å². The van der Waals surface area contributed by atoms with Gasteiger partial charge in [0.25, 0.3) is 0 Å². The molecule has 3 nitrogen and oxygen atoms in total. The van der Waals surface area contributed by atoms with Crippen molar-refractivity contribution >= 4 is 35.6 Å². The molecule has 0 saturated carbocycles. The van der Waals surface area contributed by atoms with E-state index in [0.717, 1.165) is 21.9 Å². The Kier molecular flexibility index (Phi) is 8.56. The predicted molar refractivity (Wildman–Crippen MR) is 98.4 cm³/mol. The van der Waals surface area contributed by atoms with Crippen molar-refractivity contribution in [2.24, 2.45) is 0 Å². The molecule has 126 valence electrons. The average molecular weight is 377 g/mol. The molecule has 2 aromatic carbocycles. The lowest BCUT2D eigenvalue weighted by molar-refractivity contribution is 0.307. The zero-order chi connectivity index (χ0) is 15.9. The number of benzene rings is 2. The highest BCUT2D eigenvalue weighted by Gasteiger charge is 2.12. The molecule has 0 saturated heterocycles. The maximum atomic E-state index is 6.15. The fraction of sp³-hybridized carbons (Fsp3) is 0.294. The van der Waals surface area contributed by atoms with E-state index in [4.69, 9.17) is 32.7 Å². The lowest BCUT2D eigenvalue weighted by Crippen LogP contribution is -2.14. The molecule has 0 aliphatic carbocycles. The first-order valence-corrected chi connectivity index (χ1v) is 7.84. The minimum atomic E-state index is 0. The molecule has 1 N–H and O–H groups in total. The van der Waals surface area contributed by atoms with E-state index in [1.54, 1.807) is 13.2 Å². The molecule has 0 aromatic heterocycles. The summed E-state index contributed by atoms with van der Waals surface area (Å²) >= 11 is 12.3. The van der Waals surface area contributed by atoms with Gasteiger partial charge in [0, 0.05) is 34.8 Å². The van der Waals surface area contributed by atoms with Gasteiger partial charge < -0.3 is 14.8 Å². The summed E-state index contributed by atoms with van der Waals surface area (Å²) in [7, 11) is 1.61. The number of rotatable bonds is 7. The fourth-order valence-electron chi connectivity index (χ4n) is 2.19. The molecule has 6 heteroatoms. The van der Waals surface area contributed by atoms with Gasteiger partial charge in [-0.05, 0) is 24.6 Å². The fourth-order valence-corrected chi connectivity index (χ4v) is 2.62. The lowest BCUT2D eigenvalue weighted by Gasteiger charge is -2.15. The van der Waals surface area contributed by atoms with E-state index in [-0.39, 0.29) is 12.4 Å². The Bertz CT molecular complexity index is 635. The molecule has 0 amide bonds. The highest BCUT2D eigenvalue weighted by Crippen LogP contribution is 2.34. The van der Waals surface area contributed by atoms with E-state index in [1.807, 2.05) is 37.3 Å². The van der Waals surface area contributed by atoms with Crippen molar-refractivity contribution in [3.63, 3.8) is 0 Å². The minimum Gasteiger partial charge on any atom is -0.493 e. The number of ether oxygens (including phenoxy) is 2. The third kappa shape index (κ3) is 5.47.